The summed E-state index contributed by atoms with van der Waals surface area (Å²) in [6.07, 6.45) is 12.8. The molecular formula is C15H32. The topological polar surface area (TPSA) is 0 Å². The normalized spacial score (nSPS) is 15.2. The zero-order valence-electron chi connectivity index (χ0n) is 11.5. The quantitative estimate of drug-likeness (QED) is 0.401. The van der Waals surface area contributed by atoms with Gasteiger partial charge < -0.3 is 0 Å². The predicted molar refractivity (Wildman–Crippen MR) is 71.2 cm³/mol. The third-order valence-electron chi connectivity index (χ3n) is 3.48. The van der Waals surface area contributed by atoms with Crippen molar-refractivity contribution in [2.75, 3.05) is 0 Å². The third-order valence-corrected chi connectivity index (χ3v) is 3.48. The van der Waals surface area contributed by atoms with E-state index in [0.717, 1.165) is 11.8 Å². The fourth-order valence-corrected chi connectivity index (χ4v) is 2.34. The summed E-state index contributed by atoms with van der Waals surface area (Å²) in [4.78, 5) is 0. The van der Waals surface area contributed by atoms with Crippen LogP contribution in [0.1, 0.15) is 85.5 Å². The van der Waals surface area contributed by atoms with E-state index in [2.05, 4.69) is 27.7 Å². The fraction of sp³-hybridized carbons (Fsp3) is 1.00. The highest BCUT2D eigenvalue weighted by Crippen LogP contribution is 2.19. The Bertz CT molecular complexity index is 117. The predicted octanol–water partition coefficient (Wildman–Crippen LogP) is 5.81. The highest BCUT2D eigenvalue weighted by Gasteiger charge is 2.04. The number of unbranched alkanes of at least 4 members (excludes halogenated alkanes) is 2. The smallest absolute Gasteiger partial charge is 0.0443 e. The van der Waals surface area contributed by atoms with E-state index in [-0.39, 0.29) is 0 Å². The molecule has 0 bridgehead atoms. The molecule has 0 aromatic heterocycles. The van der Waals surface area contributed by atoms with Gasteiger partial charge in [0.25, 0.3) is 0 Å². The molecule has 0 heteroatoms. The van der Waals surface area contributed by atoms with Crippen molar-refractivity contribution in [2.45, 2.75) is 85.5 Å². The number of hydrogen-bond donors (Lipinski definition) is 0. The molecule has 0 fully saturated rings. The van der Waals surface area contributed by atoms with Gasteiger partial charge in [0.15, 0.2) is 0 Å². The molecule has 0 saturated carbocycles. The first kappa shape index (κ1) is 15.0. The van der Waals surface area contributed by atoms with Gasteiger partial charge >= 0.3 is 0 Å². The number of rotatable bonds is 10. The van der Waals surface area contributed by atoms with Crippen LogP contribution < -0.4 is 0 Å². The Morgan fingerprint density at radius 2 is 1.13 bits per heavy atom. The minimum Gasteiger partial charge on any atom is -0.0654 e. The zero-order valence-corrected chi connectivity index (χ0v) is 11.5. The first-order valence-corrected chi connectivity index (χ1v) is 7.20. The van der Waals surface area contributed by atoms with Crippen LogP contribution in [0.25, 0.3) is 0 Å². The maximum Gasteiger partial charge on any atom is -0.0443 e. The van der Waals surface area contributed by atoms with Crippen molar-refractivity contribution in [3.63, 3.8) is 0 Å². The van der Waals surface area contributed by atoms with Crippen LogP contribution in [0.2, 0.25) is 0 Å². The van der Waals surface area contributed by atoms with E-state index in [0.29, 0.717) is 0 Å². The lowest BCUT2D eigenvalue weighted by molar-refractivity contribution is 0.400. The molecule has 0 nitrogen and oxygen atoms in total. The van der Waals surface area contributed by atoms with Crippen molar-refractivity contribution in [1.82, 2.24) is 0 Å². The fourth-order valence-electron chi connectivity index (χ4n) is 2.34. The van der Waals surface area contributed by atoms with E-state index >= 15 is 0 Å². The SMILES string of the molecule is CCCCC[C@H](C)CCC[C@H](C)CCC. The summed E-state index contributed by atoms with van der Waals surface area (Å²) < 4.78 is 0. The highest BCUT2D eigenvalue weighted by molar-refractivity contribution is 4.57. The van der Waals surface area contributed by atoms with Crippen molar-refractivity contribution in [3.05, 3.63) is 0 Å². The van der Waals surface area contributed by atoms with Gasteiger partial charge in [0.05, 0.1) is 0 Å². The Morgan fingerprint density at radius 1 is 0.600 bits per heavy atom. The van der Waals surface area contributed by atoms with Crippen molar-refractivity contribution < 1.29 is 0 Å². The van der Waals surface area contributed by atoms with Crippen LogP contribution in [0.5, 0.6) is 0 Å². The maximum atomic E-state index is 2.43. The summed E-state index contributed by atoms with van der Waals surface area (Å²) in [5.41, 5.74) is 0. The van der Waals surface area contributed by atoms with Crippen LogP contribution in [0.15, 0.2) is 0 Å². The van der Waals surface area contributed by atoms with Gasteiger partial charge in [-0.1, -0.05) is 85.5 Å². The second-order valence-corrected chi connectivity index (χ2v) is 5.43. The zero-order chi connectivity index (χ0) is 11.5. The molecule has 0 rings (SSSR count). The molecule has 0 aliphatic heterocycles. The summed E-state index contributed by atoms with van der Waals surface area (Å²) in [7, 11) is 0. The maximum absolute atomic E-state index is 2.43. The molecule has 0 aromatic rings. The molecule has 0 unspecified atom stereocenters. The average Bonchev–Trinajstić information content (AvgIpc) is 2.18. The molecule has 2 atom stereocenters. The van der Waals surface area contributed by atoms with Crippen molar-refractivity contribution in [2.24, 2.45) is 11.8 Å². The Kier molecular flexibility index (Phi) is 10.5. The standard InChI is InChI=1S/C15H32/c1-5-7-8-11-15(4)13-9-12-14(3)10-6-2/h14-15H,5-13H2,1-4H3/t14-,15+/m1/s1. The lowest BCUT2D eigenvalue weighted by atomic mass is 9.93. The monoisotopic (exact) mass is 212 g/mol. The van der Waals surface area contributed by atoms with Crippen molar-refractivity contribution in [3.8, 4) is 0 Å². The molecule has 0 aliphatic rings. The van der Waals surface area contributed by atoms with E-state index < -0.39 is 0 Å². The van der Waals surface area contributed by atoms with Crippen LogP contribution in [-0.4, -0.2) is 0 Å². The third kappa shape index (κ3) is 10.3. The van der Waals surface area contributed by atoms with Gasteiger partial charge in [0.2, 0.25) is 0 Å². The van der Waals surface area contributed by atoms with Gasteiger partial charge in [-0.05, 0) is 11.8 Å². The van der Waals surface area contributed by atoms with Gasteiger partial charge in [-0.25, -0.2) is 0 Å². The lowest BCUT2D eigenvalue weighted by Gasteiger charge is -2.13. The first-order valence-electron chi connectivity index (χ1n) is 7.20. The van der Waals surface area contributed by atoms with Crippen LogP contribution >= 0.6 is 0 Å². The van der Waals surface area contributed by atoms with Gasteiger partial charge in [-0.2, -0.15) is 0 Å². The Hall–Kier alpha value is 0. The van der Waals surface area contributed by atoms with Crippen LogP contribution in [-0.2, 0) is 0 Å². The average molecular weight is 212 g/mol. The second-order valence-electron chi connectivity index (χ2n) is 5.43. The molecule has 15 heavy (non-hydrogen) atoms. The first-order chi connectivity index (χ1) is 7.20. The Balaban J connectivity index is 3.26. The molecule has 0 saturated heterocycles. The van der Waals surface area contributed by atoms with E-state index in [9.17, 15) is 0 Å². The summed E-state index contributed by atoms with van der Waals surface area (Å²) in [5.74, 6) is 1.92. The van der Waals surface area contributed by atoms with Gasteiger partial charge in [0, 0.05) is 0 Å². The van der Waals surface area contributed by atoms with Crippen LogP contribution in [0, 0.1) is 11.8 Å². The summed E-state index contributed by atoms with van der Waals surface area (Å²) in [5, 5.41) is 0. The van der Waals surface area contributed by atoms with E-state index in [1.54, 1.807) is 0 Å². The van der Waals surface area contributed by atoms with E-state index in [1.165, 1.54) is 57.8 Å². The van der Waals surface area contributed by atoms with Crippen LogP contribution in [0.4, 0.5) is 0 Å². The molecule has 0 aliphatic carbocycles. The summed E-state index contributed by atoms with van der Waals surface area (Å²) >= 11 is 0. The Labute approximate surface area is 97.8 Å². The molecule has 0 aromatic carbocycles. The van der Waals surface area contributed by atoms with Gasteiger partial charge in [0.1, 0.15) is 0 Å². The molecule has 92 valence electrons. The second kappa shape index (κ2) is 10.5. The van der Waals surface area contributed by atoms with E-state index in [1.807, 2.05) is 0 Å². The molecule has 0 heterocycles. The van der Waals surface area contributed by atoms with Crippen molar-refractivity contribution >= 4 is 0 Å². The molecule has 0 spiro atoms. The minimum atomic E-state index is 0.956. The number of hydrogen-bond acceptors (Lipinski definition) is 0. The molecule has 0 radical (unpaired) electrons. The highest BCUT2D eigenvalue weighted by atomic mass is 14.1. The minimum absolute atomic E-state index is 0.956. The largest absolute Gasteiger partial charge is 0.0654 e. The summed E-state index contributed by atoms with van der Waals surface area (Å²) in [6.45, 7) is 9.42. The van der Waals surface area contributed by atoms with Crippen LogP contribution in [0.3, 0.4) is 0 Å². The summed E-state index contributed by atoms with van der Waals surface area (Å²) in [6, 6.07) is 0. The van der Waals surface area contributed by atoms with E-state index in [4.69, 9.17) is 0 Å². The Morgan fingerprint density at radius 3 is 1.67 bits per heavy atom. The lowest BCUT2D eigenvalue weighted by Crippen LogP contribution is -1.98. The van der Waals surface area contributed by atoms with Gasteiger partial charge in [-0.15, -0.1) is 0 Å². The molecular weight excluding hydrogens is 180 g/mol. The van der Waals surface area contributed by atoms with Gasteiger partial charge in [-0.3, -0.25) is 0 Å². The molecule has 0 N–H and O–H groups in total. The van der Waals surface area contributed by atoms with Crippen molar-refractivity contribution in [1.29, 1.82) is 0 Å². The molecule has 0 amide bonds.